The van der Waals surface area contributed by atoms with E-state index in [4.69, 9.17) is 10.2 Å². The van der Waals surface area contributed by atoms with Crippen LogP contribution in [0.5, 0.6) is 0 Å². The SMILES string of the molecule is COC(=O)CC(c1ccoc1)C(C)N. The van der Waals surface area contributed by atoms with E-state index < -0.39 is 0 Å². The second-order valence-corrected chi connectivity index (χ2v) is 3.30. The van der Waals surface area contributed by atoms with Gasteiger partial charge in [-0.25, -0.2) is 0 Å². The highest BCUT2D eigenvalue weighted by atomic mass is 16.5. The lowest BCUT2D eigenvalue weighted by molar-refractivity contribution is -0.141. The molecule has 2 N–H and O–H groups in total. The van der Waals surface area contributed by atoms with Crippen LogP contribution in [0.4, 0.5) is 0 Å². The number of carbonyl (C=O) groups is 1. The van der Waals surface area contributed by atoms with Gasteiger partial charge < -0.3 is 14.9 Å². The Hall–Kier alpha value is -1.29. The predicted octanol–water partition coefficient (Wildman–Crippen LogP) is 1.27. The predicted molar refractivity (Wildman–Crippen MR) is 51.7 cm³/mol. The average molecular weight is 197 g/mol. The molecule has 0 fully saturated rings. The molecule has 0 aliphatic carbocycles. The van der Waals surface area contributed by atoms with E-state index in [0.29, 0.717) is 0 Å². The summed E-state index contributed by atoms with van der Waals surface area (Å²) in [6.07, 6.45) is 3.46. The van der Waals surface area contributed by atoms with Crippen molar-refractivity contribution in [1.29, 1.82) is 0 Å². The van der Waals surface area contributed by atoms with Crippen molar-refractivity contribution in [3.05, 3.63) is 24.2 Å². The number of hydrogen-bond donors (Lipinski definition) is 1. The second-order valence-electron chi connectivity index (χ2n) is 3.30. The minimum absolute atomic E-state index is 0.0406. The van der Waals surface area contributed by atoms with E-state index in [2.05, 4.69) is 4.74 Å². The van der Waals surface area contributed by atoms with Gasteiger partial charge in [-0.05, 0) is 18.6 Å². The second kappa shape index (κ2) is 4.81. The van der Waals surface area contributed by atoms with Crippen LogP contribution in [0.2, 0.25) is 0 Å². The van der Waals surface area contributed by atoms with Crippen molar-refractivity contribution in [3.8, 4) is 0 Å². The first-order valence-electron chi connectivity index (χ1n) is 4.49. The Morgan fingerprint density at radius 1 is 1.71 bits per heavy atom. The van der Waals surface area contributed by atoms with Crippen molar-refractivity contribution in [3.63, 3.8) is 0 Å². The summed E-state index contributed by atoms with van der Waals surface area (Å²) in [7, 11) is 1.37. The Kier molecular flexibility index (Phi) is 3.71. The largest absolute Gasteiger partial charge is 0.472 e. The van der Waals surface area contributed by atoms with Gasteiger partial charge in [0.05, 0.1) is 26.1 Å². The number of carbonyl (C=O) groups excluding carboxylic acids is 1. The van der Waals surface area contributed by atoms with Crippen LogP contribution >= 0.6 is 0 Å². The van der Waals surface area contributed by atoms with Crippen molar-refractivity contribution in [2.24, 2.45) is 5.73 Å². The highest BCUT2D eigenvalue weighted by molar-refractivity contribution is 5.70. The van der Waals surface area contributed by atoms with Gasteiger partial charge >= 0.3 is 5.97 Å². The molecule has 1 aromatic rings. The van der Waals surface area contributed by atoms with Crippen LogP contribution in [0.15, 0.2) is 23.0 Å². The zero-order chi connectivity index (χ0) is 10.6. The Bertz CT molecular complexity index is 280. The lowest BCUT2D eigenvalue weighted by atomic mass is 9.92. The van der Waals surface area contributed by atoms with E-state index in [1.807, 2.05) is 13.0 Å². The third-order valence-electron chi connectivity index (χ3n) is 2.22. The molecule has 1 heterocycles. The molecule has 1 aromatic heterocycles. The minimum Gasteiger partial charge on any atom is -0.472 e. The molecule has 0 amide bonds. The van der Waals surface area contributed by atoms with E-state index in [1.165, 1.54) is 7.11 Å². The molecule has 0 aliphatic rings. The fourth-order valence-corrected chi connectivity index (χ4v) is 1.36. The van der Waals surface area contributed by atoms with Gasteiger partial charge in [-0.3, -0.25) is 4.79 Å². The van der Waals surface area contributed by atoms with Crippen LogP contribution < -0.4 is 5.73 Å². The van der Waals surface area contributed by atoms with E-state index in [-0.39, 0.29) is 24.3 Å². The van der Waals surface area contributed by atoms with Crippen LogP contribution in [0, 0.1) is 0 Å². The normalized spacial score (nSPS) is 14.8. The number of furan rings is 1. The summed E-state index contributed by atoms with van der Waals surface area (Å²) in [5, 5.41) is 0. The summed E-state index contributed by atoms with van der Waals surface area (Å²) >= 11 is 0. The van der Waals surface area contributed by atoms with Gasteiger partial charge in [0.25, 0.3) is 0 Å². The van der Waals surface area contributed by atoms with Gasteiger partial charge in [-0.1, -0.05) is 0 Å². The van der Waals surface area contributed by atoms with Crippen molar-refractivity contribution in [1.82, 2.24) is 0 Å². The Balaban J connectivity index is 2.70. The Morgan fingerprint density at radius 3 is 2.86 bits per heavy atom. The maximum absolute atomic E-state index is 11.1. The minimum atomic E-state index is -0.256. The first-order valence-corrected chi connectivity index (χ1v) is 4.49. The molecular weight excluding hydrogens is 182 g/mol. The molecule has 2 unspecified atom stereocenters. The van der Waals surface area contributed by atoms with Gasteiger partial charge in [-0.15, -0.1) is 0 Å². The quantitative estimate of drug-likeness (QED) is 0.738. The summed E-state index contributed by atoms with van der Waals surface area (Å²) in [4.78, 5) is 11.1. The van der Waals surface area contributed by atoms with Gasteiger partial charge in [-0.2, -0.15) is 0 Å². The van der Waals surface area contributed by atoms with Gasteiger partial charge in [0.15, 0.2) is 0 Å². The average Bonchev–Trinajstić information content (AvgIpc) is 2.65. The maximum atomic E-state index is 11.1. The molecule has 1 rings (SSSR count). The summed E-state index contributed by atoms with van der Waals surface area (Å²) in [5.41, 5.74) is 6.72. The summed E-state index contributed by atoms with van der Waals surface area (Å²) < 4.78 is 9.56. The molecule has 0 saturated carbocycles. The van der Waals surface area contributed by atoms with Crippen LogP contribution in [-0.4, -0.2) is 19.1 Å². The van der Waals surface area contributed by atoms with E-state index >= 15 is 0 Å². The smallest absolute Gasteiger partial charge is 0.306 e. The summed E-state index contributed by atoms with van der Waals surface area (Å²) in [5.74, 6) is -0.297. The van der Waals surface area contributed by atoms with Crippen LogP contribution in [0.1, 0.15) is 24.8 Å². The molecule has 0 aliphatic heterocycles. The molecule has 0 radical (unpaired) electrons. The topological polar surface area (TPSA) is 65.5 Å². The van der Waals surface area contributed by atoms with Crippen LogP contribution in [0.25, 0.3) is 0 Å². The molecule has 0 saturated heterocycles. The number of esters is 1. The molecule has 14 heavy (non-hydrogen) atoms. The molecular formula is C10H15NO3. The van der Waals surface area contributed by atoms with Crippen LogP contribution in [0.3, 0.4) is 0 Å². The molecule has 0 bridgehead atoms. The van der Waals surface area contributed by atoms with Crippen LogP contribution in [-0.2, 0) is 9.53 Å². The van der Waals surface area contributed by atoms with Crippen molar-refractivity contribution in [2.75, 3.05) is 7.11 Å². The monoisotopic (exact) mass is 197 g/mol. The number of hydrogen-bond acceptors (Lipinski definition) is 4. The third kappa shape index (κ3) is 2.60. The number of methoxy groups -OCH3 is 1. The zero-order valence-electron chi connectivity index (χ0n) is 8.40. The van der Waals surface area contributed by atoms with E-state index in [0.717, 1.165) is 5.56 Å². The standard InChI is InChI=1S/C10H15NO3/c1-7(11)9(5-10(12)13-2)8-3-4-14-6-8/h3-4,6-7,9H,5,11H2,1-2H3. The summed E-state index contributed by atoms with van der Waals surface area (Å²) in [6, 6.07) is 1.71. The van der Waals surface area contributed by atoms with Crippen molar-refractivity contribution in [2.45, 2.75) is 25.3 Å². The lowest BCUT2D eigenvalue weighted by Crippen LogP contribution is -2.26. The third-order valence-corrected chi connectivity index (χ3v) is 2.22. The Labute approximate surface area is 83.0 Å². The number of nitrogens with two attached hydrogens (primary N) is 1. The number of rotatable bonds is 4. The zero-order valence-corrected chi connectivity index (χ0v) is 8.40. The first kappa shape index (κ1) is 10.8. The fraction of sp³-hybridized carbons (Fsp3) is 0.500. The van der Waals surface area contributed by atoms with E-state index in [9.17, 15) is 4.79 Å². The molecule has 4 nitrogen and oxygen atoms in total. The van der Waals surface area contributed by atoms with Crippen molar-refractivity contribution < 1.29 is 13.9 Å². The Morgan fingerprint density at radius 2 is 2.43 bits per heavy atom. The molecule has 4 heteroatoms. The summed E-state index contributed by atoms with van der Waals surface area (Å²) in [6.45, 7) is 1.86. The van der Waals surface area contributed by atoms with Crippen molar-refractivity contribution >= 4 is 5.97 Å². The lowest BCUT2D eigenvalue weighted by Gasteiger charge is -2.17. The molecule has 0 spiro atoms. The van der Waals surface area contributed by atoms with Gasteiger partial charge in [0.1, 0.15) is 0 Å². The fourth-order valence-electron chi connectivity index (χ4n) is 1.36. The van der Waals surface area contributed by atoms with Gasteiger partial charge in [0, 0.05) is 12.0 Å². The van der Waals surface area contributed by atoms with Gasteiger partial charge in [0.2, 0.25) is 0 Å². The number of ether oxygens (including phenoxy) is 1. The van der Waals surface area contributed by atoms with E-state index in [1.54, 1.807) is 12.5 Å². The highest BCUT2D eigenvalue weighted by Gasteiger charge is 2.21. The highest BCUT2D eigenvalue weighted by Crippen LogP contribution is 2.23. The maximum Gasteiger partial charge on any atom is 0.306 e. The molecule has 0 aromatic carbocycles. The molecule has 2 atom stereocenters. The molecule has 78 valence electrons. The first-order chi connectivity index (χ1) is 6.65.